The van der Waals surface area contributed by atoms with Crippen molar-refractivity contribution in [1.82, 2.24) is 5.32 Å². The van der Waals surface area contributed by atoms with Gasteiger partial charge in [0, 0.05) is 10.5 Å². The van der Waals surface area contributed by atoms with Gasteiger partial charge in [-0.05, 0) is 31.0 Å². The average molecular weight is 359 g/mol. The molecular weight excluding hydrogens is 343 g/mol. The van der Waals surface area contributed by atoms with E-state index < -0.39 is 29.8 Å². The first-order valence-corrected chi connectivity index (χ1v) is 7.52. The third kappa shape index (κ3) is 4.17. The molecule has 2 unspecified atom stereocenters. The molecule has 1 fully saturated rings. The first kappa shape index (κ1) is 15.8. The van der Waals surface area contributed by atoms with Crippen LogP contribution in [0.4, 0.5) is 14.9 Å². The van der Waals surface area contributed by atoms with Gasteiger partial charge in [0.05, 0.1) is 11.6 Å². The number of carbonyl (C=O) groups excluding carboxylic acids is 1. The molecule has 114 valence electrons. The second-order valence-electron chi connectivity index (χ2n) is 5.06. The zero-order valence-electron chi connectivity index (χ0n) is 11.2. The summed E-state index contributed by atoms with van der Waals surface area (Å²) in [6.45, 7) is 0. The molecule has 0 aromatic heterocycles. The minimum Gasteiger partial charge on any atom is -0.481 e. The van der Waals surface area contributed by atoms with Crippen LogP contribution in [0.15, 0.2) is 22.7 Å². The number of hydrogen-bond donors (Lipinski definition) is 3. The van der Waals surface area contributed by atoms with Gasteiger partial charge < -0.3 is 15.7 Å². The number of halogens is 2. The Balaban J connectivity index is 1.98. The summed E-state index contributed by atoms with van der Waals surface area (Å²) < 4.78 is 14.2. The number of hydrogen-bond acceptors (Lipinski definition) is 2. The molecule has 0 aliphatic heterocycles. The maximum Gasteiger partial charge on any atom is 0.319 e. The molecule has 1 aliphatic carbocycles. The van der Waals surface area contributed by atoms with Crippen LogP contribution in [0.1, 0.15) is 25.7 Å². The van der Waals surface area contributed by atoms with E-state index in [1.165, 1.54) is 12.1 Å². The molecule has 2 atom stereocenters. The van der Waals surface area contributed by atoms with Crippen LogP contribution in [0.2, 0.25) is 0 Å². The number of benzene rings is 1. The first-order valence-electron chi connectivity index (χ1n) is 6.73. The van der Waals surface area contributed by atoms with Gasteiger partial charge in [0.25, 0.3) is 0 Å². The zero-order valence-corrected chi connectivity index (χ0v) is 12.8. The van der Waals surface area contributed by atoms with Crippen molar-refractivity contribution in [1.29, 1.82) is 0 Å². The van der Waals surface area contributed by atoms with Crippen LogP contribution < -0.4 is 10.6 Å². The molecular formula is C14H16BrFN2O3. The summed E-state index contributed by atoms with van der Waals surface area (Å²) >= 11 is 3.13. The molecule has 21 heavy (non-hydrogen) atoms. The van der Waals surface area contributed by atoms with Crippen molar-refractivity contribution in [2.75, 3.05) is 5.32 Å². The Bertz CT molecular complexity index is 553. The lowest BCUT2D eigenvalue weighted by Crippen LogP contribution is -2.46. The van der Waals surface area contributed by atoms with E-state index in [0.717, 1.165) is 12.8 Å². The van der Waals surface area contributed by atoms with Gasteiger partial charge in [-0.25, -0.2) is 9.18 Å². The van der Waals surface area contributed by atoms with Crippen molar-refractivity contribution in [3.05, 3.63) is 28.5 Å². The van der Waals surface area contributed by atoms with Crippen molar-refractivity contribution < 1.29 is 19.1 Å². The van der Waals surface area contributed by atoms with E-state index >= 15 is 0 Å². The Morgan fingerprint density at radius 3 is 2.67 bits per heavy atom. The highest BCUT2D eigenvalue weighted by molar-refractivity contribution is 9.10. The summed E-state index contributed by atoms with van der Waals surface area (Å²) in [5.41, 5.74) is 0.0541. The fraction of sp³-hybridized carbons (Fsp3) is 0.429. The van der Waals surface area contributed by atoms with Crippen LogP contribution in [-0.2, 0) is 4.79 Å². The largest absolute Gasteiger partial charge is 0.481 e. The molecule has 0 radical (unpaired) electrons. The van der Waals surface area contributed by atoms with Crippen LogP contribution in [0.5, 0.6) is 0 Å². The van der Waals surface area contributed by atoms with Crippen LogP contribution in [0.3, 0.4) is 0 Å². The van der Waals surface area contributed by atoms with Crippen LogP contribution >= 0.6 is 15.9 Å². The molecule has 3 N–H and O–H groups in total. The predicted molar refractivity (Wildman–Crippen MR) is 79.6 cm³/mol. The molecule has 1 saturated carbocycles. The molecule has 0 spiro atoms. The topological polar surface area (TPSA) is 78.4 Å². The number of rotatable bonds is 3. The SMILES string of the molecule is O=C(Nc1ccc(Br)cc1F)NC1CCCCC1C(=O)O. The summed E-state index contributed by atoms with van der Waals surface area (Å²) in [6, 6.07) is 3.29. The van der Waals surface area contributed by atoms with Gasteiger partial charge in [0.15, 0.2) is 0 Å². The Labute approximate surface area is 130 Å². The van der Waals surface area contributed by atoms with E-state index in [0.29, 0.717) is 17.3 Å². The van der Waals surface area contributed by atoms with Gasteiger partial charge in [0.1, 0.15) is 5.82 Å². The summed E-state index contributed by atoms with van der Waals surface area (Å²) in [6.07, 6.45) is 2.89. The van der Waals surface area contributed by atoms with E-state index in [-0.39, 0.29) is 5.69 Å². The van der Waals surface area contributed by atoms with Gasteiger partial charge in [-0.2, -0.15) is 0 Å². The summed E-state index contributed by atoms with van der Waals surface area (Å²) in [4.78, 5) is 23.1. The molecule has 0 saturated heterocycles. The monoisotopic (exact) mass is 358 g/mol. The molecule has 2 amide bonds. The number of aliphatic carboxylic acids is 1. The number of carboxylic acid groups (broad SMARTS) is 1. The lowest BCUT2D eigenvalue weighted by atomic mass is 9.84. The second-order valence-corrected chi connectivity index (χ2v) is 5.97. The molecule has 1 aromatic rings. The summed E-state index contributed by atoms with van der Waals surface area (Å²) in [5, 5.41) is 14.2. The van der Waals surface area contributed by atoms with Crippen LogP contribution in [0.25, 0.3) is 0 Å². The van der Waals surface area contributed by atoms with E-state index in [1.54, 1.807) is 6.07 Å². The number of carboxylic acids is 1. The van der Waals surface area contributed by atoms with Gasteiger partial charge in [0.2, 0.25) is 0 Å². The molecule has 2 rings (SSSR count). The highest BCUT2D eigenvalue weighted by Crippen LogP contribution is 2.25. The fourth-order valence-electron chi connectivity index (χ4n) is 2.52. The van der Waals surface area contributed by atoms with Crippen molar-refractivity contribution in [3.8, 4) is 0 Å². The van der Waals surface area contributed by atoms with Crippen LogP contribution in [-0.4, -0.2) is 23.1 Å². The van der Waals surface area contributed by atoms with Crippen molar-refractivity contribution >= 4 is 33.6 Å². The minimum absolute atomic E-state index is 0.0541. The maximum absolute atomic E-state index is 13.6. The number of carbonyl (C=O) groups is 2. The summed E-state index contributed by atoms with van der Waals surface area (Å²) in [7, 11) is 0. The average Bonchev–Trinajstić information content (AvgIpc) is 2.42. The summed E-state index contributed by atoms with van der Waals surface area (Å²) in [5.74, 6) is -2.05. The number of nitrogens with one attached hydrogen (secondary N) is 2. The van der Waals surface area contributed by atoms with Crippen molar-refractivity contribution in [2.24, 2.45) is 5.92 Å². The quantitative estimate of drug-likeness (QED) is 0.775. The number of amides is 2. The van der Waals surface area contributed by atoms with Crippen LogP contribution in [0, 0.1) is 11.7 Å². The molecule has 0 bridgehead atoms. The van der Waals surface area contributed by atoms with Crippen molar-refractivity contribution in [2.45, 2.75) is 31.7 Å². The Hall–Kier alpha value is -1.63. The van der Waals surface area contributed by atoms with E-state index in [4.69, 9.17) is 5.11 Å². The highest BCUT2D eigenvalue weighted by Gasteiger charge is 2.31. The number of anilines is 1. The zero-order chi connectivity index (χ0) is 15.4. The molecule has 1 aromatic carbocycles. The molecule has 7 heteroatoms. The van der Waals surface area contributed by atoms with Gasteiger partial charge in [-0.1, -0.05) is 28.8 Å². The minimum atomic E-state index is -0.908. The Kier molecular flexibility index (Phi) is 5.17. The molecule has 0 heterocycles. The molecule has 1 aliphatic rings. The highest BCUT2D eigenvalue weighted by atomic mass is 79.9. The maximum atomic E-state index is 13.6. The third-order valence-electron chi connectivity index (χ3n) is 3.58. The normalized spacial score (nSPS) is 21.6. The lowest BCUT2D eigenvalue weighted by molar-refractivity contribution is -0.143. The second kappa shape index (κ2) is 6.89. The number of urea groups is 1. The standard InChI is InChI=1S/C14H16BrFN2O3/c15-8-5-6-12(10(16)7-8)18-14(21)17-11-4-2-1-3-9(11)13(19)20/h5-7,9,11H,1-4H2,(H,19,20)(H2,17,18,21). The molecule has 5 nitrogen and oxygen atoms in total. The van der Waals surface area contributed by atoms with E-state index in [1.807, 2.05) is 0 Å². The predicted octanol–water partition coefficient (Wildman–Crippen LogP) is 3.35. The first-order chi connectivity index (χ1) is 9.97. The van der Waals surface area contributed by atoms with Gasteiger partial charge >= 0.3 is 12.0 Å². The Morgan fingerprint density at radius 1 is 1.29 bits per heavy atom. The van der Waals surface area contributed by atoms with E-state index in [2.05, 4.69) is 26.6 Å². The van der Waals surface area contributed by atoms with Gasteiger partial charge in [-0.15, -0.1) is 0 Å². The van der Waals surface area contributed by atoms with Crippen molar-refractivity contribution in [3.63, 3.8) is 0 Å². The fourth-order valence-corrected chi connectivity index (χ4v) is 2.85. The lowest BCUT2D eigenvalue weighted by Gasteiger charge is -2.29. The Morgan fingerprint density at radius 2 is 2.00 bits per heavy atom. The van der Waals surface area contributed by atoms with E-state index in [9.17, 15) is 14.0 Å². The third-order valence-corrected chi connectivity index (χ3v) is 4.07. The smallest absolute Gasteiger partial charge is 0.319 e. The van der Waals surface area contributed by atoms with Gasteiger partial charge in [-0.3, -0.25) is 4.79 Å².